The summed E-state index contributed by atoms with van der Waals surface area (Å²) in [5, 5.41) is 8.29. The molecule has 0 aliphatic carbocycles. The van der Waals surface area contributed by atoms with Gasteiger partial charge in [-0.15, -0.1) is 24.2 Å². The molecule has 1 aromatic heterocycles. The van der Waals surface area contributed by atoms with Crippen LogP contribution in [0.5, 0.6) is 0 Å². The monoisotopic (exact) mass is 208 g/mol. The molecule has 0 amide bonds. The third-order valence-electron chi connectivity index (χ3n) is 1.02. The van der Waals surface area contributed by atoms with Crippen LogP contribution < -0.4 is 0 Å². The second-order valence-corrected chi connectivity index (χ2v) is 2.91. The van der Waals surface area contributed by atoms with E-state index in [1.165, 1.54) is 11.8 Å². The van der Waals surface area contributed by atoms with E-state index in [4.69, 9.17) is 5.11 Å². The minimum Gasteiger partial charge on any atom is -0.481 e. The largest absolute Gasteiger partial charge is 0.481 e. The van der Waals surface area contributed by atoms with Crippen LogP contribution in [-0.2, 0) is 10.5 Å². The molecule has 0 aliphatic heterocycles. The summed E-state index contributed by atoms with van der Waals surface area (Å²) in [4.78, 5) is 16.9. The first-order chi connectivity index (χ1) is 5.29. The molecular weight excluding hydrogens is 200 g/mol. The van der Waals surface area contributed by atoms with Gasteiger partial charge in [0.25, 0.3) is 0 Å². The quantitative estimate of drug-likeness (QED) is 0.779. The van der Waals surface area contributed by atoms with Crippen LogP contribution in [0.2, 0.25) is 0 Å². The Balaban J connectivity index is 0.00000121. The lowest BCUT2D eigenvalue weighted by Gasteiger charge is -1.92. The second-order valence-electron chi connectivity index (χ2n) is 1.92. The average Bonchev–Trinajstić information content (AvgIpc) is 2.39. The first-order valence-corrected chi connectivity index (χ1v) is 4.22. The molecule has 6 heteroatoms. The topological polar surface area (TPSA) is 66.0 Å². The first kappa shape index (κ1) is 11.3. The summed E-state index contributed by atoms with van der Waals surface area (Å²) in [5.41, 5.74) is 0. The van der Waals surface area contributed by atoms with Crippen molar-refractivity contribution < 1.29 is 9.90 Å². The Kier molecular flexibility index (Phi) is 5.57. The van der Waals surface area contributed by atoms with Gasteiger partial charge in [0.2, 0.25) is 0 Å². The van der Waals surface area contributed by atoms with Gasteiger partial charge in [-0.2, -0.15) is 0 Å². The van der Waals surface area contributed by atoms with Gasteiger partial charge < -0.3 is 10.1 Å². The van der Waals surface area contributed by atoms with Crippen molar-refractivity contribution in [2.75, 3.05) is 5.75 Å². The van der Waals surface area contributed by atoms with E-state index in [0.717, 1.165) is 5.82 Å². The number of aliphatic carboxylic acids is 1. The molecule has 0 radical (unpaired) electrons. The number of carbonyl (C=O) groups is 1. The first-order valence-electron chi connectivity index (χ1n) is 3.07. The smallest absolute Gasteiger partial charge is 0.313 e. The maximum Gasteiger partial charge on any atom is 0.313 e. The van der Waals surface area contributed by atoms with Gasteiger partial charge in [-0.25, -0.2) is 4.98 Å². The summed E-state index contributed by atoms with van der Waals surface area (Å²) in [5.74, 6) is 0.776. The second kappa shape index (κ2) is 5.91. The minimum absolute atomic E-state index is 0. The number of nitrogens with zero attached hydrogens (tertiary/aromatic N) is 1. The number of aromatic amines is 1. The van der Waals surface area contributed by atoms with Crippen LogP contribution in [-0.4, -0.2) is 26.8 Å². The van der Waals surface area contributed by atoms with Crippen molar-refractivity contribution in [3.05, 3.63) is 18.2 Å². The molecule has 0 aromatic carbocycles. The summed E-state index contributed by atoms with van der Waals surface area (Å²) in [7, 11) is 0. The molecule has 2 N–H and O–H groups in total. The van der Waals surface area contributed by atoms with E-state index < -0.39 is 5.97 Å². The predicted molar refractivity (Wildman–Crippen MR) is 49.6 cm³/mol. The Hall–Kier alpha value is -0.680. The van der Waals surface area contributed by atoms with E-state index in [0.29, 0.717) is 5.75 Å². The van der Waals surface area contributed by atoms with Crippen molar-refractivity contribution in [2.45, 2.75) is 5.75 Å². The SMILES string of the molecule is Cl.O=C(O)CSCc1ncc[nH]1. The Morgan fingerprint density at radius 1 is 1.75 bits per heavy atom. The van der Waals surface area contributed by atoms with E-state index in [2.05, 4.69) is 9.97 Å². The number of thioether (sulfide) groups is 1. The molecule has 1 heterocycles. The molecule has 0 atom stereocenters. The highest BCUT2D eigenvalue weighted by Gasteiger charge is 1.98. The average molecular weight is 209 g/mol. The molecule has 0 saturated carbocycles. The van der Waals surface area contributed by atoms with Crippen molar-refractivity contribution in [1.82, 2.24) is 9.97 Å². The van der Waals surface area contributed by atoms with Crippen molar-refractivity contribution in [3.63, 3.8) is 0 Å². The Bertz CT molecular complexity index is 227. The van der Waals surface area contributed by atoms with Crippen LogP contribution in [0.4, 0.5) is 0 Å². The molecule has 68 valence electrons. The van der Waals surface area contributed by atoms with Gasteiger partial charge in [0.1, 0.15) is 5.82 Å². The van der Waals surface area contributed by atoms with Crippen molar-refractivity contribution in [1.29, 1.82) is 0 Å². The number of aromatic nitrogens is 2. The number of carboxylic acid groups (broad SMARTS) is 1. The van der Waals surface area contributed by atoms with Gasteiger partial charge in [0.05, 0.1) is 11.5 Å². The maximum atomic E-state index is 10.1. The van der Waals surface area contributed by atoms with E-state index in [-0.39, 0.29) is 18.2 Å². The zero-order valence-electron chi connectivity index (χ0n) is 6.19. The lowest BCUT2D eigenvalue weighted by Crippen LogP contribution is -1.98. The lowest BCUT2D eigenvalue weighted by atomic mass is 10.7. The zero-order valence-corrected chi connectivity index (χ0v) is 7.82. The van der Waals surface area contributed by atoms with E-state index >= 15 is 0 Å². The van der Waals surface area contributed by atoms with Gasteiger partial charge >= 0.3 is 5.97 Å². The summed E-state index contributed by atoms with van der Waals surface area (Å²) >= 11 is 1.33. The van der Waals surface area contributed by atoms with Gasteiger partial charge in [-0.1, -0.05) is 0 Å². The molecule has 0 saturated heterocycles. The molecule has 12 heavy (non-hydrogen) atoms. The number of H-pyrrole nitrogens is 1. The lowest BCUT2D eigenvalue weighted by molar-refractivity contribution is -0.133. The fourth-order valence-electron chi connectivity index (χ4n) is 0.612. The molecule has 0 aliphatic rings. The molecule has 0 spiro atoms. The minimum atomic E-state index is -0.790. The van der Waals surface area contributed by atoms with Crippen molar-refractivity contribution in [2.24, 2.45) is 0 Å². The number of imidazole rings is 1. The van der Waals surface area contributed by atoms with Crippen LogP contribution in [0.3, 0.4) is 0 Å². The van der Waals surface area contributed by atoms with Gasteiger partial charge in [0, 0.05) is 12.4 Å². The van der Waals surface area contributed by atoms with Crippen molar-refractivity contribution in [3.8, 4) is 0 Å². The molecular formula is C6H9ClN2O2S. The summed E-state index contributed by atoms with van der Waals surface area (Å²) in [6, 6.07) is 0. The third kappa shape index (κ3) is 4.25. The molecule has 0 fully saturated rings. The van der Waals surface area contributed by atoms with E-state index in [1.807, 2.05) is 0 Å². The van der Waals surface area contributed by atoms with E-state index in [1.54, 1.807) is 12.4 Å². The van der Waals surface area contributed by atoms with Gasteiger partial charge in [0.15, 0.2) is 0 Å². The summed E-state index contributed by atoms with van der Waals surface area (Å²) in [6.45, 7) is 0. The molecule has 1 rings (SSSR count). The highest BCUT2D eigenvalue weighted by molar-refractivity contribution is 7.99. The zero-order chi connectivity index (χ0) is 8.10. The van der Waals surface area contributed by atoms with E-state index in [9.17, 15) is 4.79 Å². The van der Waals surface area contributed by atoms with Gasteiger partial charge in [-0.3, -0.25) is 4.79 Å². The number of hydrogen-bond donors (Lipinski definition) is 2. The summed E-state index contributed by atoms with van der Waals surface area (Å²) in [6.07, 6.45) is 3.37. The van der Waals surface area contributed by atoms with Gasteiger partial charge in [-0.05, 0) is 0 Å². The predicted octanol–water partition coefficient (Wildman–Crippen LogP) is 1.15. The van der Waals surface area contributed by atoms with Crippen LogP contribution in [0, 0.1) is 0 Å². The maximum absolute atomic E-state index is 10.1. The Morgan fingerprint density at radius 3 is 3.00 bits per heavy atom. The number of hydrogen-bond acceptors (Lipinski definition) is 3. The molecule has 0 unspecified atom stereocenters. The van der Waals surface area contributed by atoms with Crippen molar-refractivity contribution >= 4 is 30.1 Å². The highest BCUT2D eigenvalue weighted by atomic mass is 35.5. The summed E-state index contributed by atoms with van der Waals surface area (Å²) < 4.78 is 0. The molecule has 0 bridgehead atoms. The highest BCUT2D eigenvalue weighted by Crippen LogP contribution is 2.06. The van der Waals surface area contributed by atoms with Crippen LogP contribution in [0.1, 0.15) is 5.82 Å². The number of rotatable bonds is 4. The Labute approximate surface area is 80.2 Å². The molecule has 4 nitrogen and oxygen atoms in total. The van der Waals surface area contributed by atoms with Crippen LogP contribution >= 0.6 is 24.2 Å². The normalized spacial score (nSPS) is 9.00. The van der Waals surface area contributed by atoms with Crippen LogP contribution in [0.15, 0.2) is 12.4 Å². The number of carboxylic acids is 1. The Morgan fingerprint density at radius 2 is 2.50 bits per heavy atom. The number of halogens is 1. The molecule has 1 aromatic rings. The fourth-order valence-corrected chi connectivity index (χ4v) is 1.24. The number of nitrogens with one attached hydrogen (secondary N) is 1. The third-order valence-corrected chi connectivity index (χ3v) is 1.95. The standard InChI is InChI=1S/C6H8N2O2S.ClH/c9-6(10)4-11-3-5-7-1-2-8-5;/h1-2H,3-4H2,(H,7,8)(H,9,10);1H. The van der Waals surface area contributed by atoms with Crippen LogP contribution in [0.25, 0.3) is 0 Å². The fraction of sp³-hybridized carbons (Fsp3) is 0.333.